The molecule has 0 bridgehead atoms. The first kappa shape index (κ1) is 15.1. The summed E-state index contributed by atoms with van der Waals surface area (Å²) in [5.74, 6) is 0.601. The van der Waals surface area contributed by atoms with Crippen molar-refractivity contribution in [1.29, 1.82) is 0 Å². The first-order valence-corrected chi connectivity index (χ1v) is 8.48. The van der Waals surface area contributed by atoms with Crippen LogP contribution in [0.25, 0.3) is 0 Å². The largest absolute Gasteiger partial charge is 0.317 e. The lowest BCUT2D eigenvalue weighted by molar-refractivity contribution is -0.116. The van der Waals surface area contributed by atoms with Gasteiger partial charge in [-0.2, -0.15) is 0 Å². The van der Waals surface area contributed by atoms with E-state index in [1.54, 1.807) is 23.7 Å². The molecule has 3 rings (SSSR count). The summed E-state index contributed by atoms with van der Waals surface area (Å²) < 4.78 is 0. The summed E-state index contributed by atoms with van der Waals surface area (Å²) in [6.45, 7) is 2.13. The van der Waals surface area contributed by atoms with E-state index in [2.05, 4.69) is 20.6 Å². The fourth-order valence-electron chi connectivity index (χ4n) is 2.63. The van der Waals surface area contributed by atoms with Crippen LogP contribution >= 0.6 is 11.3 Å². The van der Waals surface area contributed by atoms with Crippen molar-refractivity contribution in [2.45, 2.75) is 31.6 Å². The van der Waals surface area contributed by atoms with Crippen LogP contribution in [0.4, 0.5) is 5.13 Å². The number of hydrogen-bond donors (Lipinski definition) is 2. The number of carbonyl (C=O) groups excluding carboxylic acids is 1. The highest BCUT2D eigenvalue weighted by Gasteiger charge is 2.18. The van der Waals surface area contributed by atoms with Gasteiger partial charge in [0.1, 0.15) is 0 Å². The summed E-state index contributed by atoms with van der Waals surface area (Å²) in [5.41, 5.74) is 1.12. The normalized spacial score (nSPS) is 15.6. The highest BCUT2D eigenvalue weighted by molar-refractivity contribution is 7.15. The molecule has 6 heteroatoms. The van der Waals surface area contributed by atoms with Crippen LogP contribution in [-0.2, 0) is 11.2 Å². The second-order valence-corrected chi connectivity index (χ2v) is 6.56. The van der Waals surface area contributed by atoms with Crippen molar-refractivity contribution in [3.8, 4) is 0 Å². The topological polar surface area (TPSA) is 66.9 Å². The zero-order valence-electron chi connectivity index (χ0n) is 12.4. The maximum atomic E-state index is 12.0. The molecule has 22 heavy (non-hydrogen) atoms. The van der Waals surface area contributed by atoms with Gasteiger partial charge in [0.25, 0.3) is 0 Å². The van der Waals surface area contributed by atoms with E-state index in [0.29, 0.717) is 17.5 Å². The second kappa shape index (κ2) is 7.47. The monoisotopic (exact) mass is 316 g/mol. The fraction of sp³-hybridized carbons (Fsp3) is 0.438. The van der Waals surface area contributed by atoms with Gasteiger partial charge < -0.3 is 10.6 Å². The van der Waals surface area contributed by atoms with E-state index in [-0.39, 0.29) is 5.91 Å². The number of rotatable bonds is 5. The molecule has 0 spiro atoms. The van der Waals surface area contributed by atoms with Crippen LogP contribution in [0.2, 0.25) is 0 Å². The molecule has 0 saturated carbocycles. The molecule has 0 aromatic carbocycles. The summed E-state index contributed by atoms with van der Waals surface area (Å²) in [5, 5.41) is 6.99. The number of piperidine rings is 1. The summed E-state index contributed by atoms with van der Waals surface area (Å²) in [6, 6.07) is 3.87. The molecule has 5 nitrogen and oxygen atoms in total. The molecule has 1 fully saturated rings. The Kier molecular flexibility index (Phi) is 5.13. The van der Waals surface area contributed by atoms with Gasteiger partial charge in [0.2, 0.25) is 5.91 Å². The molecular formula is C16H20N4OS. The van der Waals surface area contributed by atoms with Gasteiger partial charge in [-0.3, -0.25) is 9.78 Å². The van der Waals surface area contributed by atoms with Crippen LogP contribution in [0.1, 0.15) is 35.6 Å². The highest BCUT2D eigenvalue weighted by Crippen LogP contribution is 2.31. The highest BCUT2D eigenvalue weighted by atomic mass is 32.1. The van der Waals surface area contributed by atoms with Gasteiger partial charge in [0.05, 0.1) is 0 Å². The van der Waals surface area contributed by atoms with Crippen molar-refractivity contribution < 1.29 is 4.79 Å². The van der Waals surface area contributed by atoms with Crippen LogP contribution < -0.4 is 10.6 Å². The molecule has 1 aliphatic heterocycles. The minimum atomic E-state index is 0.0167. The zero-order valence-corrected chi connectivity index (χ0v) is 13.2. The van der Waals surface area contributed by atoms with Gasteiger partial charge >= 0.3 is 0 Å². The van der Waals surface area contributed by atoms with Crippen LogP contribution in [-0.4, -0.2) is 29.0 Å². The van der Waals surface area contributed by atoms with Crippen LogP contribution in [0, 0.1) is 0 Å². The standard InChI is InChI=1S/C16H20N4OS/c21-15(2-1-12-3-7-17-8-4-12)20-16-19-11-14(22-16)13-5-9-18-10-6-13/h3-4,7-8,11,13,18H,1-2,5-6,9-10H2,(H,19,20,21). The number of amides is 1. The number of anilines is 1. The predicted molar refractivity (Wildman–Crippen MR) is 88.1 cm³/mol. The second-order valence-electron chi connectivity index (χ2n) is 5.50. The number of pyridine rings is 1. The maximum Gasteiger partial charge on any atom is 0.226 e. The molecule has 1 saturated heterocycles. The van der Waals surface area contributed by atoms with Crippen LogP contribution in [0.15, 0.2) is 30.7 Å². The van der Waals surface area contributed by atoms with Gasteiger partial charge in [-0.25, -0.2) is 4.98 Å². The van der Waals surface area contributed by atoms with Gasteiger partial charge in [-0.15, -0.1) is 11.3 Å². The van der Waals surface area contributed by atoms with Crippen molar-refractivity contribution in [3.63, 3.8) is 0 Å². The third kappa shape index (κ3) is 4.11. The molecule has 0 atom stereocenters. The molecule has 0 radical (unpaired) electrons. The smallest absolute Gasteiger partial charge is 0.226 e. The Morgan fingerprint density at radius 2 is 2.09 bits per heavy atom. The number of hydrogen-bond acceptors (Lipinski definition) is 5. The Labute approximate surface area is 134 Å². The van der Waals surface area contributed by atoms with Crippen molar-refractivity contribution >= 4 is 22.4 Å². The van der Waals surface area contributed by atoms with E-state index in [1.165, 1.54) is 4.88 Å². The molecule has 1 amide bonds. The fourth-order valence-corrected chi connectivity index (χ4v) is 3.63. The number of nitrogens with zero attached hydrogens (tertiary/aromatic N) is 2. The Bertz CT molecular complexity index is 608. The first-order valence-electron chi connectivity index (χ1n) is 7.66. The zero-order chi connectivity index (χ0) is 15.2. The summed E-state index contributed by atoms with van der Waals surface area (Å²) >= 11 is 1.61. The van der Waals surface area contributed by atoms with Gasteiger partial charge in [-0.05, 0) is 56.0 Å². The summed E-state index contributed by atoms with van der Waals surface area (Å²) in [4.78, 5) is 21.6. The molecule has 1 aliphatic rings. The lowest BCUT2D eigenvalue weighted by atomic mass is 9.97. The lowest BCUT2D eigenvalue weighted by Gasteiger charge is -2.20. The van der Waals surface area contributed by atoms with E-state index in [0.717, 1.165) is 37.9 Å². The Morgan fingerprint density at radius 3 is 2.86 bits per heavy atom. The number of aromatic nitrogens is 2. The minimum absolute atomic E-state index is 0.0167. The number of thiazole rings is 1. The van der Waals surface area contributed by atoms with Gasteiger partial charge in [-0.1, -0.05) is 0 Å². The lowest BCUT2D eigenvalue weighted by Crippen LogP contribution is -2.26. The molecule has 2 N–H and O–H groups in total. The minimum Gasteiger partial charge on any atom is -0.317 e. The molecule has 116 valence electrons. The molecule has 2 aromatic rings. The van der Waals surface area contributed by atoms with E-state index in [4.69, 9.17) is 0 Å². The third-order valence-corrected chi connectivity index (χ3v) is 4.98. The van der Waals surface area contributed by atoms with E-state index in [1.807, 2.05) is 18.3 Å². The SMILES string of the molecule is O=C(CCc1ccncc1)Nc1ncc(C2CCNCC2)s1. The molecule has 3 heterocycles. The average Bonchev–Trinajstić information content (AvgIpc) is 3.03. The quantitative estimate of drug-likeness (QED) is 0.890. The van der Waals surface area contributed by atoms with Crippen LogP contribution in [0.3, 0.4) is 0 Å². The molecule has 0 aliphatic carbocycles. The number of carbonyl (C=O) groups is 1. The molecule has 0 unspecified atom stereocenters. The van der Waals surface area contributed by atoms with Crippen LogP contribution in [0.5, 0.6) is 0 Å². The van der Waals surface area contributed by atoms with Gasteiger partial charge in [0, 0.05) is 29.9 Å². The Hall–Kier alpha value is -1.79. The Balaban J connectivity index is 1.50. The summed E-state index contributed by atoms with van der Waals surface area (Å²) in [6.07, 6.45) is 8.90. The van der Waals surface area contributed by atoms with Crippen molar-refractivity contribution in [2.75, 3.05) is 18.4 Å². The average molecular weight is 316 g/mol. The van der Waals surface area contributed by atoms with E-state index < -0.39 is 0 Å². The Morgan fingerprint density at radius 1 is 1.32 bits per heavy atom. The number of aryl methyl sites for hydroxylation is 1. The van der Waals surface area contributed by atoms with Crippen molar-refractivity contribution in [1.82, 2.24) is 15.3 Å². The maximum absolute atomic E-state index is 12.0. The number of nitrogens with one attached hydrogen (secondary N) is 2. The van der Waals surface area contributed by atoms with Crippen molar-refractivity contribution in [2.24, 2.45) is 0 Å². The third-order valence-electron chi connectivity index (χ3n) is 3.90. The van der Waals surface area contributed by atoms with Gasteiger partial charge in [0.15, 0.2) is 5.13 Å². The molecular weight excluding hydrogens is 296 g/mol. The molecule has 2 aromatic heterocycles. The van der Waals surface area contributed by atoms with Crippen molar-refractivity contribution in [3.05, 3.63) is 41.2 Å². The first-order chi connectivity index (χ1) is 10.8. The predicted octanol–water partition coefficient (Wildman–Crippen LogP) is 2.58. The van der Waals surface area contributed by atoms with E-state index in [9.17, 15) is 4.79 Å². The van der Waals surface area contributed by atoms with E-state index >= 15 is 0 Å². The summed E-state index contributed by atoms with van der Waals surface area (Å²) in [7, 11) is 0.